The van der Waals surface area contributed by atoms with Gasteiger partial charge in [-0.2, -0.15) is 0 Å². The van der Waals surface area contributed by atoms with Gasteiger partial charge >= 0.3 is 5.97 Å². The molecule has 2 aliphatic heterocycles. The highest BCUT2D eigenvalue weighted by molar-refractivity contribution is 6.95. The molecule has 3 fully saturated rings. The van der Waals surface area contributed by atoms with E-state index < -0.39 is 39.1 Å². The largest absolute Gasteiger partial charge is 0.544 e. The Bertz CT molecular complexity index is 2460. The van der Waals surface area contributed by atoms with Gasteiger partial charge in [0.1, 0.15) is 51.8 Å². The van der Waals surface area contributed by atoms with E-state index in [0.29, 0.717) is 30.0 Å². The molecule has 7 rings (SSSR count). The van der Waals surface area contributed by atoms with Gasteiger partial charge in [-0.05, 0) is 175 Å². The van der Waals surface area contributed by atoms with Crippen molar-refractivity contribution >= 4 is 62.6 Å². The molecule has 2 N–H and O–H groups in total. The zero-order valence-corrected chi connectivity index (χ0v) is 51.2. The smallest absolute Gasteiger partial charge is 0.319 e. The molecule has 5 atom stereocenters. The average molecular weight is 1070 g/mol. The monoisotopic (exact) mass is 1070 g/mol. The second-order valence-corrected chi connectivity index (χ2v) is 44.5. The predicted molar refractivity (Wildman–Crippen MR) is 309 cm³/mol. The number of esters is 1. The number of benzene rings is 4. The van der Waals surface area contributed by atoms with Crippen LogP contribution in [0, 0.1) is 29.4 Å². The summed E-state index contributed by atoms with van der Waals surface area (Å²) >= 11 is 0. The highest BCUT2D eigenvalue weighted by atomic mass is 28.4. The highest BCUT2D eigenvalue weighted by Crippen LogP contribution is 2.42. The van der Waals surface area contributed by atoms with Crippen molar-refractivity contribution in [2.45, 2.75) is 174 Å². The Labute approximate surface area is 442 Å². The standard InChI is InChI=1S/C21H27FN2O2Si.C19H24FNOSi.C18H37NO2Si2/c1-21(2,3)27(4,5)26-17-12-6-14(7-13-17)19-18(23)20(25)24(19)16-10-8-15(22)9-11-16;1-19(2,3)23(4,5)22-18-12-6-15(7-13-18)14-21-17-10-8-16(20)9-11-17;1-14(2)16-9-8-15(3)12-17(16)21-18(20)13-19-22(4,5)10-11-23(19,6)7/h6-13,18-19H,23H2,1-5H3;6-14H,1-5H3;14-17H,8-13H2,1-7H3/t18-,19-;;15-,16+,17-/m1.1/s1. The predicted octanol–water partition coefficient (Wildman–Crippen LogP) is 15.3. The topological polar surface area (TPSA) is 107 Å². The van der Waals surface area contributed by atoms with Crippen molar-refractivity contribution in [3.63, 3.8) is 0 Å². The van der Waals surface area contributed by atoms with Gasteiger partial charge in [0.05, 0.1) is 18.3 Å². The Morgan fingerprint density at radius 2 is 1.22 bits per heavy atom. The molecule has 9 nitrogen and oxygen atoms in total. The molecular weight excluding hydrogens is 983 g/mol. The molecule has 2 heterocycles. The van der Waals surface area contributed by atoms with Crippen LogP contribution in [0.2, 0.25) is 74.5 Å². The van der Waals surface area contributed by atoms with Crippen LogP contribution in [0.15, 0.2) is 102 Å². The van der Waals surface area contributed by atoms with E-state index in [4.69, 9.17) is 19.3 Å². The first-order chi connectivity index (χ1) is 33.7. The Balaban J connectivity index is 0.000000204. The van der Waals surface area contributed by atoms with Crippen molar-refractivity contribution < 1.29 is 32.0 Å². The van der Waals surface area contributed by atoms with Gasteiger partial charge in [0.25, 0.3) is 0 Å². The van der Waals surface area contributed by atoms with Crippen molar-refractivity contribution in [2.24, 2.45) is 28.5 Å². The van der Waals surface area contributed by atoms with Gasteiger partial charge in [-0.25, -0.2) is 8.78 Å². The third-order valence-electron chi connectivity index (χ3n) is 16.2. The number of nitrogens with zero attached hydrogens (tertiary/aromatic N) is 3. The highest BCUT2D eigenvalue weighted by Gasteiger charge is 2.49. The van der Waals surface area contributed by atoms with E-state index in [0.717, 1.165) is 34.7 Å². The summed E-state index contributed by atoms with van der Waals surface area (Å²) in [6, 6.07) is 29.5. The Morgan fingerprint density at radius 3 is 1.68 bits per heavy atom. The number of aliphatic imine (C=N–C) groups is 1. The lowest BCUT2D eigenvalue weighted by molar-refractivity contribution is -0.155. The quantitative estimate of drug-likeness (QED) is 0.0652. The molecule has 0 aromatic heterocycles. The Morgan fingerprint density at radius 1 is 0.753 bits per heavy atom. The summed E-state index contributed by atoms with van der Waals surface area (Å²) in [6.45, 7) is 39.2. The molecule has 0 unspecified atom stereocenters. The minimum absolute atomic E-state index is 0.0396. The number of ether oxygens (including phenoxy) is 1. The fraction of sp³-hybridized carbons (Fsp3) is 0.534. The number of β-lactam (4-membered cyclic amide) rings is 1. The molecule has 73 heavy (non-hydrogen) atoms. The molecule has 0 radical (unpaired) electrons. The van der Waals surface area contributed by atoms with Crippen molar-refractivity contribution in [2.75, 3.05) is 11.4 Å². The third kappa shape index (κ3) is 15.7. The number of anilines is 1. The first-order valence-corrected chi connectivity index (χ1v) is 38.5. The molecule has 1 amide bonds. The van der Waals surface area contributed by atoms with E-state index in [1.54, 1.807) is 35.4 Å². The van der Waals surface area contributed by atoms with E-state index in [2.05, 4.69) is 124 Å². The number of carbonyl (C=O) groups excluding carboxylic acids is 2. The maximum absolute atomic E-state index is 13.2. The number of rotatable bonds is 12. The van der Waals surface area contributed by atoms with E-state index in [1.807, 2.05) is 48.5 Å². The van der Waals surface area contributed by atoms with E-state index in [-0.39, 0.29) is 45.7 Å². The summed E-state index contributed by atoms with van der Waals surface area (Å²) in [5, 5.41) is 0.295. The fourth-order valence-corrected chi connectivity index (χ4v) is 25.2. The Hall–Kier alpha value is -4.26. The third-order valence-corrected chi connectivity index (χ3v) is 35.3. The van der Waals surface area contributed by atoms with Crippen LogP contribution in [0.25, 0.3) is 0 Å². The van der Waals surface area contributed by atoms with Gasteiger partial charge < -0.3 is 28.5 Å². The van der Waals surface area contributed by atoms with Gasteiger partial charge in [0.15, 0.2) is 0 Å². The van der Waals surface area contributed by atoms with Crippen LogP contribution in [0.4, 0.5) is 20.2 Å². The van der Waals surface area contributed by atoms with Crippen LogP contribution in [-0.4, -0.2) is 74.1 Å². The summed E-state index contributed by atoms with van der Waals surface area (Å²) in [5.41, 5.74) is 9.36. The lowest BCUT2D eigenvalue weighted by Crippen LogP contribution is -2.63. The molecule has 0 spiro atoms. The van der Waals surface area contributed by atoms with Crippen LogP contribution in [-0.2, 0) is 14.3 Å². The summed E-state index contributed by atoms with van der Waals surface area (Å²) in [4.78, 5) is 30.9. The molecule has 15 heteroatoms. The number of halogens is 2. The SMILES string of the molecule is CC(C)(C)[Si](C)(C)Oc1ccc(C=Nc2ccc(F)cc2)cc1.CC(C)(C)[Si](C)(C)Oc1ccc([C@@H]2[C@@H](N)C(=O)N2c2ccc(F)cc2)cc1.CC(C)[C@@H]1CC[C@@H](C)C[C@H]1OC(=O)CN1[Si](C)(C)CC[Si]1(C)C. The van der Waals surface area contributed by atoms with Crippen LogP contribution in [0.5, 0.6) is 11.5 Å². The molecule has 4 aromatic carbocycles. The lowest BCUT2D eigenvalue weighted by Gasteiger charge is -2.45. The molecule has 0 bridgehead atoms. The maximum atomic E-state index is 13.2. The number of amides is 1. The van der Waals surface area contributed by atoms with Crippen molar-refractivity contribution in [1.82, 2.24) is 4.23 Å². The first-order valence-electron chi connectivity index (χ1n) is 26.4. The van der Waals surface area contributed by atoms with Crippen molar-refractivity contribution in [3.8, 4) is 11.5 Å². The van der Waals surface area contributed by atoms with Gasteiger partial charge in [-0.1, -0.05) is 107 Å². The molecule has 1 saturated carbocycles. The maximum Gasteiger partial charge on any atom is 0.319 e. The van der Waals surface area contributed by atoms with E-state index in [1.165, 1.54) is 49.2 Å². The minimum atomic E-state index is -1.91. The summed E-state index contributed by atoms with van der Waals surface area (Å²) < 4.78 is 47.3. The van der Waals surface area contributed by atoms with Gasteiger partial charge in [0, 0.05) is 11.9 Å². The van der Waals surface area contributed by atoms with Crippen molar-refractivity contribution in [1.29, 1.82) is 0 Å². The van der Waals surface area contributed by atoms with Crippen LogP contribution in [0.3, 0.4) is 0 Å². The number of carbonyl (C=O) groups is 2. The molecule has 3 aliphatic rings. The minimum Gasteiger partial charge on any atom is -0.544 e. The molecule has 2 saturated heterocycles. The summed E-state index contributed by atoms with van der Waals surface area (Å²) in [5.74, 6) is 2.86. The van der Waals surface area contributed by atoms with Gasteiger partial charge in [0.2, 0.25) is 22.5 Å². The number of hydrogen-bond donors (Lipinski definition) is 1. The lowest BCUT2D eigenvalue weighted by atomic mass is 9.75. The Kier molecular flexibility index (Phi) is 19.4. The molecule has 1 aliphatic carbocycles. The molecule has 4 aromatic rings. The van der Waals surface area contributed by atoms with Crippen LogP contribution in [0.1, 0.15) is 98.7 Å². The second kappa shape index (κ2) is 23.7. The van der Waals surface area contributed by atoms with E-state index in [9.17, 15) is 18.4 Å². The first kappa shape index (κ1) is 59.6. The van der Waals surface area contributed by atoms with E-state index >= 15 is 0 Å². The number of nitrogens with two attached hydrogens (primary N) is 1. The van der Waals surface area contributed by atoms with Gasteiger partial charge in [-0.15, -0.1) is 0 Å². The normalized spacial score (nSPS) is 22.2. The number of hydrogen-bond acceptors (Lipinski definition) is 8. The van der Waals surface area contributed by atoms with Crippen LogP contribution < -0.4 is 19.5 Å². The second-order valence-electron chi connectivity index (χ2n) is 25.3. The molecular formula is C58H88F2N4O5Si4. The fourth-order valence-electron chi connectivity index (χ4n) is 9.40. The molecule has 400 valence electrons. The summed E-state index contributed by atoms with van der Waals surface area (Å²) in [6.07, 6.45) is 5.45. The zero-order valence-electron chi connectivity index (χ0n) is 47.2. The zero-order chi connectivity index (χ0) is 54.5. The van der Waals surface area contributed by atoms with Crippen LogP contribution >= 0.6 is 0 Å². The summed E-state index contributed by atoms with van der Waals surface area (Å²) in [7, 11) is -6.50. The van der Waals surface area contributed by atoms with Gasteiger partial charge in [-0.3, -0.25) is 14.6 Å². The van der Waals surface area contributed by atoms with Crippen molar-refractivity contribution in [3.05, 3.63) is 120 Å². The average Bonchev–Trinajstić information content (AvgIpc) is 3.50.